The van der Waals surface area contributed by atoms with Crippen LogP contribution in [0.1, 0.15) is 33.2 Å². The highest BCUT2D eigenvalue weighted by atomic mass is 32.2. The van der Waals surface area contributed by atoms with Crippen LogP contribution in [0.5, 0.6) is 0 Å². The van der Waals surface area contributed by atoms with Gasteiger partial charge in [0.05, 0.1) is 17.9 Å². The van der Waals surface area contributed by atoms with Gasteiger partial charge in [-0.15, -0.1) is 10.2 Å². The lowest BCUT2D eigenvalue weighted by molar-refractivity contribution is -0.113. The van der Waals surface area contributed by atoms with Crippen molar-refractivity contribution in [2.75, 3.05) is 23.0 Å². The maximum Gasteiger partial charge on any atom is 0.338 e. The number of ether oxygens (including phenoxy) is 1. The summed E-state index contributed by atoms with van der Waals surface area (Å²) >= 11 is 1.26. The van der Waals surface area contributed by atoms with E-state index in [0.717, 1.165) is 11.1 Å². The molecule has 0 saturated carbocycles. The van der Waals surface area contributed by atoms with Gasteiger partial charge < -0.3 is 19.9 Å². The normalized spacial score (nSPS) is 10.6. The van der Waals surface area contributed by atoms with Crippen LogP contribution in [-0.4, -0.2) is 44.9 Å². The number of amides is 2. The Labute approximate surface area is 224 Å². The lowest BCUT2D eigenvalue weighted by Crippen LogP contribution is -2.14. The van der Waals surface area contributed by atoms with Crippen LogP contribution in [0.25, 0.3) is 11.4 Å². The number of benzene rings is 3. The number of nitrogens with zero attached hydrogens (tertiary/aromatic N) is 3. The number of aryl methyl sites for hydroxylation is 1. The quantitative estimate of drug-likeness (QED) is 0.233. The molecule has 0 atom stereocenters. The fourth-order valence-electron chi connectivity index (χ4n) is 3.53. The number of hydrogen-bond donors (Lipinski definition) is 2. The summed E-state index contributed by atoms with van der Waals surface area (Å²) in [7, 11) is 1.83. The molecule has 0 aliphatic heterocycles. The molecule has 194 valence electrons. The molecule has 10 heteroatoms. The van der Waals surface area contributed by atoms with Crippen LogP contribution in [-0.2, 0) is 16.6 Å². The molecule has 4 aromatic rings. The molecule has 0 fully saturated rings. The van der Waals surface area contributed by atoms with Gasteiger partial charge in [-0.25, -0.2) is 4.79 Å². The molecule has 4 rings (SSSR count). The minimum atomic E-state index is -0.402. The van der Waals surface area contributed by atoms with E-state index in [1.54, 1.807) is 43.3 Å². The van der Waals surface area contributed by atoms with Gasteiger partial charge in [0.15, 0.2) is 11.0 Å². The van der Waals surface area contributed by atoms with Gasteiger partial charge in [-0.05, 0) is 74.5 Å². The van der Waals surface area contributed by atoms with Crippen LogP contribution in [0.2, 0.25) is 0 Å². The molecule has 1 aromatic heterocycles. The third-order valence-corrected chi connectivity index (χ3v) is 6.58. The van der Waals surface area contributed by atoms with E-state index in [1.165, 1.54) is 11.8 Å². The maximum absolute atomic E-state index is 12.5. The number of aromatic nitrogens is 3. The van der Waals surface area contributed by atoms with Crippen molar-refractivity contribution in [3.8, 4) is 11.4 Å². The van der Waals surface area contributed by atoms with Crippen molar-refractivity contribution in [3.05, 3.63) is 89.5 Å². The van der Waals surface area contributed by atoms with Crippen molar-refractivity contribution in [3.63, 3.8) is 0 Å². The van der Waals surface area contributed by atoms with Crippen molar-refractivity contribution in [2.24, 2.45) is 7.05 Å². The number of carbonyl (C=O) groups excluding carboxylic acids is 3. The Morgan fingerprint density at radius 1 is 0.842 bits per heavy atom. The summed E-state index contributed by atoms with van der Waals surface area (Å²) in [4.78, 5) is 36.6. The van der Waals surface area contributed by atoms with Crippen LogP contribution >= 0.6 is 11.8 Å². The SMILES string of the molecule is CCOC(=O)c1ccc(NC(=O)CSc2nnc(-c3ccc(NC(=O)c4ccc(C)cc4)cc3)n2C)cc1. The molecule has 0 saturated heterocycles. The third kappa shape index (κ3) is 6.65. The van der Waals surface area contributed by atoms with Crippen LogP contribution in [0.4, 0.5) is 11.4 Å². The molecule has 0 spiro atoms. The zero-order valence-corrected chi connectivity index (χ0v) is 22.0. The molecular formula is C28H27N5O4S. The maximum atomic E-state index is 12.5. The molecule has 3 aromatic carbocycles. The fraction of sp³-hybridized carbons (Fsp3) is 0.179. The van der Waals surface area contributed by atoms with Gasteiger partial charge in [-0.3, -0.25) is 9.59 Å². The molecule has 2 N–H and O–H groups in total. The van der Waals surface area contributed by atoms with Crippen LogP contribution < -0.4 is 10.6 Å². The van der Waals surface area contributed by atoms with E-state index in [-0.39, 0.29) is 17.6 Å². The van der Waals surface area contributed by atoms with Gasteiger partial charge in [0.25, 0.3) is 5.91 Å². The summed E-state index contributed by atoms with van der Waals surface area (Å²) in [6.45, 7) is 4.02. The highest BCUT2D eigenvalue weighted by molar-refractivity contribution is 7.99. The highest BCUT2D eigenvalue weighted by Crippen LogP contribution is 2.24. The van der Waals surface area contributed by atoms with Gasteiger partial charge >= 0.3 is 5.97 Å². The minimum Gasteiger partial charge on any atom is -0.462 e. The van der Waals surface area contributed by atoms with E-state index in [4.69, 9.17) is 4.74 Å². The first-order valence-corrected chi connectivity index (χ1v) is 12.9. The molecular weight excluding hydrogens is 502 g/mol. The van der Waals surface area contributed by atoms with E-state index in [0.29, 0.717) is 40.1 Å². The second-order valence-electron chi connectivity index (χ2n) is 8.40. The summed E-state index contributed by atoms with van der Waals surface area (Å²) in [5, 5.41) is 14.8. The van der Waals surface area contributed by atoms with Gasteiger partial charge in [0.2, 0.25) is 5.91 Å². The molecule has 2 amide bonds. The Hall–Kier alpha value is -4.44. The van der Waals surface area contributed by atoms with Gasteiger partial charge in [0, 0.05) is 29.5 Å². The molecule has 9 nitrogen and oxygen atoms in total. The molecule has 38 heavy (non-hydrogen) atoms. The average Bonchev–Trinajstić information content (AvgIpc) is 3.29. The number of carbonyl (C=O) groups is 3. The van der Waals surface area contributed by atoms with Crippen LogP contribution in [0.3, 0.4) is 0 Å². The number of esters is 1. The van der Waals surface area contributed by atoms with E-state index < -0.39 is 5.97 Å². The van der Waals surface area contributed by atoms with E-state index in [2.05, 4.69) is 20.8 Å². The molecule has 0 bridgehead atoms. The predicted octanol–water partition coefficient (Wildman–Crippen LogP) is 4.95. The Morgan fingerprint density at radius 3 is 2.11 bits per heavy atom. The first kappa shape index (κ1) is 26.6. The smallest absolute Gasteiger partial charge is 0.338 e. The van der Waals surface area contributed by atoms with Crippen molar-refractivity contribution in [1.29, 1.82) is 0 Å². The van der Waals surface area contributed by atoms with Crippen molar-refractivity contribution < 1.29 is 19.1 Å². The van der Waals surface area contributed by atoms with E-state index in [9.17, 15) is 14.4 Å². The van der Waals surface area contributed by atoms with Crippen molar-refractivity contribution in [1.82, 2.24) is 14.8 Å². The molecule has 0 aliphatic carbocycles. The largest absolute Gasteiger partial charge is 0.462 e. The van der Waals surface area contributed by atoms with Crippen molar-refractivity contribution in [2.45, 2.75) is 19.0 Å². The summed E-state index contributed by atoms with van der Waals surface area (Å²) in [6.07, 6.45) is 0. The Morgan fingerprint density at radius 2 is 1.45 bits per heavy atom. The lowest BCUT2D eigenvalue weighted by atomic mass is 10.1. The summed E-state index contributed by atoms with van der Waals surface area (Å²) in [5.41, 5.74) is 4.18. The Balaban J connectivity index is 1.32. The molecule has 0 aliphatic rings. The molecule has 0 radical (unpaired) electrons. The van der Waals surface area contributed by atoms with E-state index >= 15 is 0 Å². The summed E-state index contributed by atoms with van der Waals surface area (Å²) < 4.78 is 6.77. The fourth-order valence-corrected chi connectivity index (χ4v) is 4.25. The standard InChI is InChI=1S/C28H27N5O4S/c1-4-37-27(36)21-11-15-22(16-12-21)29-24(34)17-38-28-32-31-25(33(28)3)19-9-13-23(14-10-19)30-26(35)20-7-5-18(2)6-8-20/h5-16H,4,17H2,1-3H3,(H,29,34)(H,30,35). The topological polar surface area (TPSA) is 115 Å². The zero-order chi connectivity index (χ0) is 27.1. The van der Waals surface area contributed by atoms with Gasteiger partial charge in [0.1, 0.15) is 0 Å². The molecule has 0 unspecified atom stereocenters. The first-order valence-electron chi connectivity index (χ1n) is 11.9. The number of nitrogens with one attached hydrogen (secondary N) is 2. The second kappa shape index (κ2) is 12.2. The summed E-state index contributed by atoms with van der Waals surface area (Å²) in [5.74, 6) is -0.0183. The van der Waals surface area contributed by atoms with Crippen LogP contribution in [0.15, 0.2) is 78.0 Å². The number of thioether (sulfide) groups is 1. The van der Waals surface area contributed by atoms with Gasteiger partial charge in [-0.1, -0.05) is 29.5 Å². The summed E-state index contributed by atoms with van der Waals surface area (Å²) in [6, 6.07) is 21.2. The van der Waals surface area contributed by atoms with Crippen molar-refractivity contribution >= 4 is 40.9 Å². The van der Waals surface area contributed by atoms with Crippen LogP contribution in [0, 0.1) is 6.92 Å². The number of rotatable bonds is 9. The zero-order valence-electron chi connectivity index (χ0n) is 21.2. The Bertz CT molecular complexity index is 1430. The van der Waals surface area contributed by atoms with Gasteiger partial charge in [-0.2, -0.15) is 0 Å². The predicted molar refractivity (Wildman–Crippen MR) is 147 cm³/mol. The Kier molecular flexibility index (Phi) is 8.55. The number of anilines is 2. The number of hydrogen-bond acceptors (Lipinski definition) is 7. The second-order valence-corrected chi connectivity index (χ2v) is 9.34. The third-order valence-electron chi connectivity index (χ3n) is 5.56. The molecule has 1 heterocycles. The lowest BCUT2D eigenvalue weighted by Gasteiger charge is -2.08. The monoisotopic (exact) mass is 529 g/mol. The first-order chi connectivity index (χ1) is 18.3. The highest BCUT2D eigenvalue weighted by Gasteiger charge is 2.14. The average molecular weight is 530 g/mol. The van der Waals surface area contributed by atoms with E-state index in [1.807, 2.05) is 54.9 Å². The minimum absolute atomic E-state index is 0.135.